The van der Waals surface area contributed by atoms with E-state index in [1.807, 2.05) is 0 Å². The van der Waals surface area contributed by atoms with Crippen LogP contribution in [-0.2, 0) is 26.3 Å². The predicted octanol–water partition coefficient (Wildman–Crippen LogP) is -0.621. The molecule has 22 valence electrons. The summed E-state index contributed by atoms with van der Waals surface area (Å²) in [7, 11) is -1.42. The van der Waals surface area contributed by atoms with Crippen molar-refractivity contribution in [2.75, 3.05) is 0 Å². The first-order valence-corrected chi connectivity index (χ1v) is 1.22. The first-order valence-electron chi connectivity index (χ1n) is 0.408. The Bertz CT molecular complexity index is 27.0. The molecule has 0 aliphatic heterocycles. The molecule has 0 aliphatic carbocycles. The first kappa shape index (κ1) is 8.84. The van der Waals surface area contributed by atoms with Crippen LogP contribution in [0.1, 0.15) is 0 Å². The van der Waals surface area contributed by atoms with E-state index in [1.165, 1.54) is 0 Å². The first-order chi connectivity index (χ1) is 1.41. The Hall–Kier alpha value is 0.349. The molecule has 0 N–H and O–H groups in total. The summed E-state index contributed by atoms with van der Waals surface area (Å²) in [5.41, 5.74) is 0. The van der Waals surface area contributed by atoms with Crippen molar-refractivity contribution in [3.63, 3.8) is 0 Å². The molecule has 0 aromatic rings. The molecule has 0 unspecified atom stereocenters. The van der Waals surface area contributed by atoms with Crippen molar-refractivity contribution < 1.29 is 26.3 Å². The summed E-state index contributed by atoms with van der Waals surface area (Å²) < 4.78 is 16.8. The molecule has 0 aromatic carbocycles. The number of hydrogen-bond acceptors (Lipinski definition) is 2. The monoisotopic (exact) mass is 112 g/mol. The topological polar surface area (TPSA) is 34.1 Å². The Morgan fingerprint density at radius 1 is 1.25 bits per heavy atom. The largest absolute Gasteiger partial charge is 0.549 e. The van der Waals surface area contributed by atoms with Gasteiger partial charge in [-0.1, -0.05) is 0 Å². The van der Waals surface area contributed by atoms with Crippen LogP contribution in [0.3, 0.4) is 0 Å². The summed E-state index contributed by atoms with van der Waals surface area (Å²) in [6.07, 6.45) is 0. The summed E-state index contributed by atoms with van der Waals surface area (Å²) in [4.78, 5) is 0. The van der Waals surface area contributed by atoms with Gasteiger partial charge in [-0.3, -0.25) is 8.92 Å². The zero-order valence-electron chi connectivity index (χ0n) is 1.72. The summed E-state index contributed by atoms with van der Waals surface area (Å²) in [6, 6.07) is 0. The van der Waals surface area contributed by atoms with Gasteiger partial charge in [-0.25, -0.2) is 0 Å². The Morgan fingerprint density at radius 3 is 1.25 bits per heavy atom. The minimum absolute atomic E-state index is 0. The minimum atomic E-state index is -1.42. The van der Waals surface area contributed by atoms with E-state index in [9.17, 15) is 0 Å². The quantitative estimate of drug-likeness (QED) is 0.391. The van der Waals surface area contributed by atoms with Gasteiger partial charge in [0.05, 0.1) is 0 Å². The average Bonchev–Trinajstić information content (AvgIpc) is 0.918. The molecule has 0 fully saturated rings. The molecule has 0 bridgehead atoms. The van der Waals surface area contributed by atoms with Crippen LogP contribution in [0.5, 0.6) is 0 Å². The molecule has 0 rings (SSSR count). The van der Waals surface area contributed by atoms with E-state index in [4.69, 9.17) is 8.92 Å². The molecule has 0 spiro atoms. The Labute approximate surface area is 36.3 Å². The normalized spacial score (nSPS) is 2.00. The molecule has 0 aromatic heterocycles. The molecule has 0 radical (unpaired) electrons. The fraction of sp³-hybridized carbons (Fsp3) is 0. The zero-order valence-corrected chi connectivity index (χ0v) is 4.00. The molecule has 4 heteroatoms. The minimum Gasteiger partial charge on any atom is -0.274 e. The molecule has 0 saturated carbocycles. The van der Waals surface area contributed by atoms with E-state index in [1.54, 1.807) is 0 Å². The molecule has 0 amide bonds. The SMILES string of the molecule is O=[Si]=O.[Cr]. The second-order valence-corrected chi connectivity index (χ2v) is 0.250. The van der Waals surface area contributed by atoms with Crippen LogP contribution in [0.15, 0.2) is 0 Å². The number of hydrogen-bond donors (Lipinski definition) is 0. The van der Waals surface area contributed by atoms with Crippen LogP contribution < -0.4 is 0 Å². The van der Waals surface area contributed by atoms with Gasteiger partial charge >= 0.3 is 9.29 Å². The third kappa shape index (κ3) is 35.0. The summed E-state index contributed by atoms with van der Waals surface area (Å²) in [6.45, 7) is 0. The van der Waals surface area contributed by atoms with Crippen molar-refractivity contribution in [2.24, 2.45) is 0 Å². The van der Waals surface area contributed by atoms with Crippen LogP contribution >= 0.6 is 0 Å². The maximum atomic E-state index is 8.40. The maximum Gasteiger partial charge on any atom is 0.549 e. The van der Waals surface area contributed by atoms with Gasteiger partial charge in [0.1, 0.15) is 0 Å². The average molecular weight is 112 g/mol. The third-order valence-corrected chi connectivity index (χ3v) is 0. The molecule has 0 atom stereocenters. The van der Waals surface area contributed by atoms with Crippen LogP contribution in [0.2, 0.25) is 0 Å². The summed E-state index contributed by atoms with van der Waals surface area (Å²) >= 11 is 0. The second-order valence-electron chi connectivity index (χ2n) is 0.0833. The summed E-state index contributed by atoms with van der Waals surface area (Å²) in [5.74, 6) is 0. The zero-order chi connectivity index (χ0) is 2.71. The maximum absolute atomic E-state index is 8.40. The summed E-state index contributed by atoms with van der Waals surface area (Å²) in [5, 5.41) is 0. The Morgan fingerprint density at radius 2 is 1.25 bits per heavy atom. The van der Waals surface area contributed by atoms with Crippen molar-refractivity contribution in [1.29, 1.82) is 0 Å². The van der Waals surface area contributed by atoms with E-state index in [0.717, 1.165) is 0 Å². The van der Waals surface area contributed by atoms with E-state index < -0.39 is 9.29 Å². The van der Waals surface area contributed by atoms with Crippen molar-refractivity contribution in [2.45, 2.75) is 0 Å². The molecule has 2 nitrogen and oxygen atoms in total. The smallest absolute Gasteiger partial charge is 0.274 e. The predicted molar refractivity (Wildman–Crippen MR) is 7.13 cm³/mol. The van der Waals surface area contributed by atoms with E-state index in [2.05, 4.69) is 0 Å². The fourth-order valence-electron chi connectivity index (χ4n) is 0. The van der Waals surface area contributed by atoms with Gasteiger partial charge in [0.2, 0.25) is 0 Å². The third-order valence-electron chi connectivity index (χ3n) is 0. The fourth-order valence-corrected chi connectivity index (χ4v) is 0. The molecular formula is CrO2Si. The van der Waals surface area contributed by atoms with Crippen molar-refractivity contribution in [3.05, 3.63) is 0 Å². The van der Waals surface area contributed by atoms with Gasteiger partial charge in [0, 0.05) is 17.4 Å². The molecular weight excluding hydrogens is 112 g/mol. The molecule has 0 aliphatic rings. The van der Waals surface area contributed by atoms with Gasteiger partial charge in [-0.15, -0.1) is 0 Å². The Kier molecular flexibility index (Phi) is 22.4. The number of rotatable bonds is 0. The van der Waals surface area contributed by atoms with Crippen molar-refractivity contribution in [1.82, 2.24) is 0 Å². The van der Waals surface area contributed by atoms with Crippen LogP contribution in [-0.4, -0.2) is 9.29 Å². The van der Waals surface area contributed by atoms with Gasteiger partial charge in [0.25, 0.3) is 0 Å². The Balaban J connectivity index is 0. The van der Waals surface area contributed by atoms with Crippen molar-refractivity contribution >= 4 is 9.29 Å². The van der Waals surface area contributed by atoms with Crippen LogP contribution in [0.25, 0.3) is 0 Å². The second kappa shape index (κ2) is 10.2. The van der Waals surface area contributed by atoms with E-state index in [-0.39, 0.29) is 17.4 Å². The van der Waals surface area contributed by atoms with Gasteiger partial charge < -0.3 is 0 Å². The van der Waals surface area contributed by atoms with Crippen LogP contribution in [0.4, 0.5) is 0 Å². The van der Waals surface area contributed by atoms with E-state index in [0.29, 0.717) is 0 Å². The van der Waals surface area contributed by atoms with E-state index >= 15 is 0 Å². The van der Waals surface area contributed by atoms with Gasteiger partial charge in [-0.2, -0.15) is 0 Å². The van der Waals surface area contributed by atoms with Crippen molar-refractivity contribution in [3.8, 4) is 0 Å². The molecule has 0 heterocycles. The van der Waals surface area contributed by atoms with Gasteiger partial charge in [0.15, 0.2) is 0 Å². The standard InChI is InChI=1S/Cr.O2Si/c;1-3-2. The van der Waals surface area contributed by atoms with Gasteiger partial charge in [-0.05, 0) is 0 Å². The molecule has 0 saturated heterocycles. The molecule has 4 heavy (non-hydrogen) atoms. The van der Waals surface area contributed by atoms with Crippen LogP contribution in [0, 0.1) is 0 Å².